The lowest BCUT2D eigenvalue weighted by Gasteiger charge is -1.95. The van der Waals surface area contributed by atoms with Crippen molar-refractivity contribution in [2.24, 2.45) is 0 Å². The van der Waals surface area contributed by atoms with Gasteiger partial charge in [-0.3, -0.25) is 0 Å². The number of hydrogen-bond donors (Lipinski definition) is 0. The third kappa shape index (κ3) is 9.48. The van der Waals surface area contributed by atoms with Crippen molar-refractivity contribution in [1.82, 2.24) is 0 Å². The predicted octanol–water partition coefficient (Wildman–Crippen LogP) is 4.48. The van der Waals surface area contributed by atoms with Crippen LogP contribution in [0.3, 0.4) is 0 Å². The molecule has 70 valence electrons. The summed E-state index contributed by atoms with van der Waals surface area (Å²) in [6, 6.07) is 0. The van der Waals surface area contributed by atoms with Crippen LogP contribution in [0.25, 0.3) is 0 Å². The van der Waals surface area contributed by atoms with Crippen LogP contribution in [0.5, 0.6) is 0 Å². The van der Waals surface area contributed by atoms with E-state index in [-0.39, 0.29) is 0 Å². The lowest BCUT2D eigenvalue weighted by Crippen LogP contribution is -1.75. The summed E-state index contributed by atoms with van der Waals surface area (Å²) in [5, 5.41) is 0. The standard InChI is InChI=1S/C12H22/c1-4-5-6-7-8-9-10-11-12(2)3/h10-11H,2,4-9H2,1,3H3/b11-10+. The Labute approximate surface area is 77.4 Å². The zero-order valence-electron chi connectivity index (χ0n) is 8.60. The molecule has 0 spiro atoms. The van der Waals surface area contributed by atoms with Gasteiger partial charge in [-0.05, 0) is 19.8 Å². The second-order valence-electron chi connectivity index (χ2n) is 3.45. The number of unbranched alkanes of at least 4 members (excludes halogenated alkanes) is 5. The van der Waals surface area contributed by atoms with E-state index in [9.17, 15) is 0 Å². The first-order chi connectivity index (χ1) is 5.77. The normalized spacial score (nSPS) is 10.8. The first kappa shape index (κ1) is 11.5. The van der Waals surface area contributed by atoms with Gasteiger partial charge in [0.25, 0.3) is 0 Å². The molecule has 0 saturated carbocycles. The predicted molar refractivity (Wildman–Crippen MR) is 57.3 cm³/mol. The Hall–Kier alpha value is -0.520. The highest BCUT2D eigenvalue weighted by molar-refractivity contribution is 5.10. The van der Waals surface area contributed by atoms with Crippen LogP contribution >= 0.6 is 0 Å². The largest absolute Gasteiger partial charge is 0.0961 e. The molecule has 0 fully saturated rings. The van der Waals surface area contributed by atoms with Gasteiger partial charge < -0.3 is 0 Å². The zero-order chi connectivity index (χ0) is 9.23. The van der Waals surface area contributed by atoms with E-state index >= 15 is 0 Å². The zero-order valence-corrected chi connectivity index (χ0v) is 8.60. The summed E-state index contributed by atoms with van der Waals surface area (Å²) >= 11 is 0. The summed E-state index contributed by atoms with van der Waals surface area (Å²) in [7, 11) is 0. The topological polar surface area (TPSA) is 0 Å². The van der Waals surface area contributed by atoms with Gasteiger partial charge in [0, 0.05) is 0 Å². The molecule has 0 aromatic rings. The lowest BCUT2D eigenvalue weighted by atomic mass is 10.1. The van der Waals surface area contributed by atoms with Crippen molar-refractivity contribution in [3.05, 3.63) is 24.3 Å². The molecule has 0 amide bonds. The second kappa shape index (κ2) is 8.58. The Morgan fingerprint density at radius 1 is 1.17 bits per heavy atom. The Morgan fingerprint density at radius 3 is 2.42 bits per heavy atom. The quantitative estimate of drug-likeness (QED) is 0.386. The van der Waals surface area contributed by atoms with Crippen molar-refractivity contribution >= 4 is 0 Å². The number of hydrogen-bond acceptors (Lipinski definition) is 0. The Bertz CT molecular complexity index is 131. The summed E-state index contributed by atoms with van der Waals surface area (Å²) in [5.41, 5.74) is 1.16. The molecule has 0 bridgehead atoms. The minimum atomic E-state index is 1.16. The fourth-order valence-corrected chi connectivity index (χ4v) is 1.15. The van der Waals surface area contributed by atoms with Crippen molar-refractivity contribution < 1.29 is 0 Å². The monoisotopic (exact) mass is 166 g/mol. The average Bonchev–Trinajstić information content (AvgIpc) is 2.02. The molecule has 0 aliphatic carbocycles. The summed E-state index contributed by atoms with van der Waals surface area (Å²) in [5.74, 6) is 0. The summed E-state index contributed by atoms with van der Waals surface area (Å²) in [6.07, 6.45) is 12.4. The molecule has 0 radical (unpaired) electrons. The smallest absolute Gasteiger partial charge is 0.0348 e. The molecular formula is C12H22. The maximum atomic E-state index is 3.82. The highest BCUT2D eigenvalue weighted by atomic mass is 13.9. The van der Waals surface area contributed by atoms with E-state index in [0.717, 1.165) is 5.57 Å². The number of rotatable bonds is 7. The fourth-order valence-electron chi connectivity index (χ4n) is 1.15. The van der Waals surface area contributed by atoms with Gasteiger partial charge in [0.15, 0.2) is 0 Å². The molecule has 0 aromatic heterocycles. The third-order valence-electron chi connectivity index (χ3n) is 1.88. The Balaban J connectivity index is 3.05. The molecule has 0 heteroatoms. The van der Waals surface area contributed by atoms with Gasteiger partial charge in [0.05, 0.1) is 0 Å². The van der Waals surface area contributed by atoms with Gasteiger partial charge in [-0.1, -0.05) is 56.9 Å². The maximum absolute atomic E-state index is 3.82. The minimum absolute atomic E-state index is 1.16. The summed E-state index contributed by atoms with van der Waals surface area (Å²) < 4.78 is 0. The van der Waals surface area contributed by atoms with Crippen LogP contribution < -0.4 is 0 Å². The van der Waals surface area contributed by atoms with E-state index in [1.54, 1.807) is 0 Å². The minimum Gasteiger partial charge on any atom is -0.0961 e. The molecule has 0 nitrogen and oxygen atoms in total. The highest BCUT2D eigenvalue weighted by Crippen LogP contribution is 2.05. The van der Waals surface area contributed by atoms with Gasteiger partial charge in [-0.2, -0.15) is 0 Å². The van der Waals surface area contributed by atoms with Gasteiger partial charge >= 0.3 is 0 Å². The van der Waals surface area contributed by atoms with Crippen molar-refractivity contribution in [3.8, 4) is 0 Å². The third-order valence-corrected chi connectivity index (χ3v) is 1.88. The molecular weight excluding hydrogens is 144 g/mol. The van der Waals surface area contributed by atoms with Crippen LogP contribution in [0, 0.1) is 0 Å². The van der Waals surface area contributed by atoms with E-state index < -0.39 is 0 Å². The molecule has 0 rings (SSSR count). The van der Waals surface area contributed by atoms with Crippen LogP contribution in [0.2, 0.25) is 0 Å². The Morgan fingerprint density at radius 2 is 1.83 bits per heavy atom. The molecule has 0 heterocycles. The molecule has 0 N–H and O–H groups in total. The molecule has 0 unspecified atom stereocenters. The van der Waals surface area contributed by atoms with Gasteiger partial charge in [0.2, 0.25) is 0 Å². The molecule has 0 atom stereocenters. The Kier molecular flexibility index (Phi) is 8.20. The van der Waals surface area contributed by atoms with Crippen LogP contribution in [0.4, 0.5) is 0 Å². The summed E-state index contributed by atoms with van der Waals surface area (Å²) in [6.45, 7) is 8.10. The molecule has 0 aromatic carbocycles. The van der Waals surface area contributed by atoms with E-state index in [1.165, 1.54) is 38.5 Å². The van der Waals surface area contributed by atoms with Crippen molar-refractivity contribution in [2.45, 2.75) is 52.4 Å². The SMILES string of the molecule is C=C(C)/C=C/CCCCCCC. The lowest BCUT2D eigenvalue weighted by molar-refractivity contribution is 0.637. The number of allylic oxidation sites excluding steroid dienone is 3. The molecule has 0 saturated heterocycles. The molecule has 0 aliphatic heterocycles. The van der Waals surface area contributed by atoms with E-state index in [4.69, 9.17) is 0 Å². The van der Waals surface area contributed by atoms with Gasteiger partial charge in [-0.25, -0.2) is 0 Å². The second-order valence-corrected chi connectivity index (χ2v) is 3.45. The van der Waals surface area contributed by atoms with E-state index in [1.807, 2.05) is 6.92 Å². The van der Waals surface area contributed by atoms with Crippen LogP contribution in [-0.2, 0) is 0 Å². The first-order valence-electron chi connectivity index (χ1n) is 5.09. The van der Waals surface area contributed by atoms with E-state index in [0.29, 0.717) is 0 Å². The van der Waals surface area contributed by atoms with Gasteiger partial charge in [0.1, 0.15) is 0 Å². The van der Waals surface area contributed by atoms with Crippen LogP contribution in [0.15, 0.2) is 24.3 Å². The molecule has 12 heavy (non-hydrogen) atoms. The first-order valence-corrected chi connectivity index (χ1v) is 5.09. The highest BCUT2D eigenvalue weighted by Gasteiger charge is 1.85. The van der Waals surface area contributed by atoms with Crippen LogP contribution in [0.1, 0.15) is 52.4 Å². The van der Waals surface area contributed by atoms with Crippen molar-refractivity contribution in [2.75, 3.05) is 0 Å². The van der Waals surface area contributed by atoms with Crippen LogP contribution in [-0.4, -0.2) is 0 Å². The van der Waals surface area contributed by atoms with Gasteiger partial charge in [-0.15, -0.1) is 0 Å². The fraction of sp³-hybridized carbons (Fsp3) is 0.667. The molecule has 0 aliphatic rings. The maximum Gasteiger partial charge on any atom is -0.0348 e. The van der Waals surface area contributed by atoms with Crippen molar-refractivity contribution in [1.29, 1.82) is 0 Å². The average molecular weight is 166 g/mol. The van der Waals surface area contributed by atoms with E-state index in [2.05, 4.69) is 25.7 Å². The van der Waals surface area contributed by atoms with Crippen molar-refractivity contribution in [3.63, 3.8) is 0 Å². The summed E-state index contributed by atoms with van der Waals surface area (Å²) in [4.78, 5) is 0.